The monoisotopic (exact) mass is 242 g/mol. The molecule has 7 heteroatoms. The molecule has 1 rings (SSSR count). The molecule has 0 aromatic rings. The Balaban J connectivity index is 2.87. The lowest BCUT2D eigenvalue weighted by Gasteiger charge is -2.36. The van der Waals surface area contributed by atoms with Gasteiger partial charge in [0.15, 0.2) is 0 Å². The van der Waals surface area contributed by atoms with Gasteiger partial charge in [-0.25, -0.2) is 5.84 Å². The van der Waals surface area contributed by atoms with Gasteiger partial charge in [-0.3, -0.25) is 30.0 Å². The Morgan fingerprint density at radius 3 is 2.82 bits per heavy atom. The third kappa shape index (κ3) is 3.01. The van der Waals surface area contributed by atoms with Gasteiger partial charge in [0.05, 0.1) is 18.6 Å². The predicted octanol–water partition coefficient (Wildman–Crippen LogP) is -1.51. The van der Waals surface area contributed by atoms with Crippen molar-refractivity contribution in [2.45, 2.75) is 38.8 Å². The summed E-state index contributed by atoms with van der Waals surface area (Å²) in [5.74, 6) is 3.97. The molecule has 4 N–H and O–H groups in total. The smallest absolute Gasteiger partial charge is 0.251 e. The van der Waals surface area contributed by atoms with E-state index >= 15 is 0 Å². The largest absolute Gasteiger partial charge is 0.294 e. The standard InChI is InChI=1S/C10H18N4O3/c1-3-4-7(10(17)13-11)14-5-8(15)12-9(16)6(14)2/h6-7H,3-5,11H2,1-2H3,(H,13,17)(H,12,15,16). The normalized spacial score (nSPS) is 23.1. The van der Waals surface area contributed by atoms with Crippen LogP contribution in [0.5, 0.6) is 0 Å². The van der Waals surface area contributed by atoms with Gasteiger partial charge < -0.3 is 0 Å². The molecule has 2 atom stereocenters. The Labute approximate surface area is 99.7 Å². The Bertz CT molecular complexity index is 332. The van der Waals surface area contributed by atoms with Crippen molar-refractivity contribution in [1.29, 1.82) is 0 Å². The summed E-state index contributed by atoms with van der Waals surface area (Å²) in [6, 6.07) is -1.06. The molecular weight excluding hydrogens is 224 g/mol. The van der Waals surface area contributed by atoms with Crippen molar-refractivity contribution in [2.24, 2.45) is 5.84 Å². The molecule has 1 fully saturated rings. The van der Waals surface area contributed by atoms with Crippen LogP contribution in [-0.4, -0.2) is 41.2 Å². The highest BCUT2D eigenvalue weighted by Gasteiger charge is 2.37. The first-order valence-electron chi connectivity index (χ1n) is 5.61. The molecule has 1 heterocycles. The summed E-state index contributed by atoms with van der Waals surface area (Å²) in [5, 5.41) is 2.23. The van der Waals surface area contributed by atoms with Crippen LogP contribution >= 0.6 is 0 Å². The quantitative estimate of drug-likeness (QED) is 0.241. The first-order valence-corrected chi connectivity index (χ1v) is 5.61. The van der Waals surface area contributed by atoms with Crippen LogP contribution in [0.25, 0.3) is 0 Å². The van der Waals surface area contributed by atoms with E-state index in [1.165, 1.54) is 0 Å². The van der Waals surface area contributed by atoms with Crippen molar-refractivity contribution in [1.82, 2.24) is 15.6 Å². The maximum atomic E-state index is 11.6. The third-order valence-corrected chi connectivity index (χ3v) is 2.87. The maximum absolute atomic E-state index is 11.6. The zero-order valence-corrected chi connectivity index (χ0v) is 10.0. The first-order chi connectivity index (χ1) is 8.01. The number of nitrogens with zero attached hydrogens (tertiary/aromatic N) is 1. The van der Waals surface area contributed by atoms with E-state index in [1.807, 2.05) is 6.92 Å². The van der Waals surface area contributed by atoms with Gasteiger partial charge in [-0.2, -0.15) is 0 Å². The molecule has 2 unspecified atom stereocenters. The molecular formula is C10H18N4O3. The minimum absolute atomic E-state index is 0.0327. The molecule has 0 aromatic carbocycles. The number of carbonyl (C=O) groups is 3. The second-order valence-electron chi connectivity index (χ2n) is 4.07. The van der Waals surface area contributed by atoms with E-state index < -0.39 is 12.1 Å². The van der Waals surface area contributed by atoms with E-state index in [0.29, 0.717) is 6.42 Å². The fourth-order valence-electron chi connectivity index (χ4n) is 1.93. The number of rotatable bonds is 4. The number of imide groups is 1. The van der Waals surface area contributed by atoms with E-state index in [-0.39, 0.29) is 24.3 Å². The molecule has 0 bridgehead atoms. The third-order valence-electron chi connectivity index (χ3n) is 2.87. The summed E-state index contributed by atoms with van der Waals surface area (Å²) in [6.45, 7) is 3.62. The summed E-state index contributed by atoms with van der Waals surface area (Å²) < 4.78 is 0. The van der Waals surface area contributed by atoms with Gasteiger partial charge in [0.1, 0.15) is 0 Å². The van der Waals surface area contributed by atoms with Crippen LogP contribution in [0.4, 0.5) is 0 Å². The highest BCUT2D eigenvalue weighted by Crippen LogP contribution is 2.14. The summed E-state index contributed by atoms with van der Waals surface area (Å²) in [5.41, 5.74) is 2.07. The fourth-order valence-corrected chi connectivity index (χ4v) is 1.93. The van der Waals surface area contributed by atoms with Crippen LogP contribution in [0, 0.1) is 0 Å². The second kappa shape index (κ2) is 5.74. The second-order valence-corrected chi connectivity index (χ2v) is 4.07. The van der Waals surface area contributed by atoms with E-state index in [0.717, 1.165) is 6.42 Å². The van der Waals surface area contributed by atoms with Crippen molar-refractivity contribution in [3.63, 3.8) is 0 Å². The summed E-state index contributed by atoms with van der Waals surface area (Å²) >= 11 is 0. The van der Waals surface area contributed by atoms with Gasteiger partial charge in [-0.15, -0.1) is 0 Å². The number of carbonyl (C=O) groups excluding carboxylic acids is 3. The highest BCUT2D eigenvalue weighted by atomic mass is 16.2. The Morgan fingerprint density at radius 1 is 1.65 bits per heavy atom. The van der Waals surface area contributed by atoms with Crippen LogP contribution < -0.4 is 16.6 Å². The number of hydrazine groups is 1. The molecule has 7 nitrogen and oxygen atoms in total. The zero-order valence-electron chi connectivity index (χ0n) is 10.0. The van der Waals surface area contributed by atoms with Crippen molar-refractivity contribution in [2.75, 3.05) is 6.54 Å². The average Bonchev–Trinajstić information content (AvgIpc) is 2.30. The zero-order chi connectivity index (χ0) is 13.0. The molecule has 3 amide bonds. The number of piperazine rings is 1. The van der Waals surface area contributed by atoms with Crippen LogP contribution in [-0.2, 0) is 14.4 Å². The Hall–Kier alpha value is -1.47. The fraction of sp³-hybridized carbons (Fsp3) is 0.700. The van der Waals surface area contributed by atoms with Gasteiger partial charge in [-0.05, 0) is 13.3 Å². The number of hydrogen-bond donors (Lipinski definition) is 3. The highest BCUT2D eigenvalue weighted by molar-refractivity contribution is 6.01. The SMILES string of the molecule is CCCC(C(=O)NN)N1CC(=O)NC(=O)C1C. The Morgan fingerprint density at radius 2 is 2.29 bits per heavy atom. The van der Waals surface area contributed by atoms with Gasteiger partial charge in [0.25, 0.3) is 5.91 Å². The minimum Gasteiger partial charge on any atom is -0.294 e. The summed E-state index contributed by atoms with van der Waals surface area (Å²) in [6.07, 6.45) is 1.31. The molecule has 1 aliphatic rings. The molecule has 1 aliphatic heterocycles. The van der Waals surface area contributed by atoms with Crippen LogP contribution in [0.3, 0.4) is 0 Å². The molecule has 17 heavy (non-hydrogen) atoms. The molecule has 1 saturated heterocycles. The van der Waals surface area contributed by atoms with E-state index in [4.69, 9.17) is 5.84 Å². The predicted molar refractivity (Wildman–Crippen MR) is 60.3 cm³/mol. The van der Waals surface area contributed by atoms with Crippen molar-refractivity contribution < 1.29 is 14.4 Å². The van der Waals surface area contributed by atoms with Gasteiger partial charge >= 0.3 is 0 Å². The maximum Gasteiger partial charge on any atom is 0.251 e. The lowest BCUT2D eigenvalue weighted by Crippen LogP contribution is -2.63. The lowest BCUT2D eigenvalue weighted by molar-refractivity contribution is -0.143. The average molecular weight is 242 g/mol. The van der Waals surface area contributed by atoms with Crippen molar-refractivity contribution >= 4 is 17.7 Å². The van der Waals surface area contributed by atoms with Crippen LogP contribution in [0.2, 0.25) is 0 Å². The van der Waals surface area contributed by atoms with E-state index in [9.17, 15) is 14.4 Å². The van der Waals surface area contributed by atoms with Gasteiger partial charge in [0.2, 0.25) is 11.8 Å². The molecule has 0 radical (unpaired) electrons. The minimum atomic E-state index is -0.546. The topological polar surface area (TPSA) is 105 Å². The molecule has 0 spiro atoms. The molecule has 96 valence electrons. The van der Waals surface area contributed by atoms with Crippen molar-refractivity contribution in [3.05, 3.63) is 0 Å². The number of hydrogen-bond acceptors (Lipinski definition) is 5. The van der Waals surface area contributed by atoms with Gasteiger partial charge in [0, 0.05) is 0 Å². The number of amides is 3. The van der Waals surface area contributed by atoms with Gasteiger partial charge in [-0.1, -0.05) is 13.3 Å². The van der Waals surface area contributed by atoms with Crippen LogP contribution in [0.1, 0.15) is 26.7 Å². The molecule has 0 saturated carbocycles. The number of nitrogens with one attached hydrogen (secondary N) is 2. The number of nitrogens with two attached hydrogens (primary N) is 1. The summed E-state index contributed by atoms with van der Waals surface area (Å²) in [4.78, 5) is 36.0. The Kier molecular flexibility index (Phi) is 4.59. The van der Waals surface area contributed by atoms with E-state index in [2.05, 4.69) is 10.7 Å². The first kappa shape index (κ1) is 13.6. The molecule has 0 aliphatic carbocycles. The lowest BCUT2D eigenvalue weighted by atomic mass is 10.0. The van der Waals surface area contributed by atoms with Crippen LogP contribution in [0.15, 0.2) is 0 Å². The summed E-state index contributed by atoms with van der Waals surface area (Å²) in [7, 11) is 0. The molecule has 0 aromatic heterocycles. The van der Waals surface area contributed by atoms with E-state index in [1.54, 1.807) is 11.8 Å². The van der Waals surface area contributed by atoms with Crippen molar-refractivity contribution in [3.8, 4) is 0 Å².